The van der Waals surface area contributed by atoms with Crippen molar-refractivity contribution in [1.82, 2.24) is 0 Å². The summed E-state index contributed by atoms with van der Waals surface area (Å²) >= 11 is 1.94. The van der Waals surface area contributed by atoms with Crippen molar-refractivity contribution in [3.63, 3.8) is 0 Å². The van der Waals surface area contributed by atoms with Gasteiger partial charge in [0, 0.05) is 16.9 Å². The van der Waals surface area contributed by atoms with Gasteiger partial charge >= 0.3 is 0 Å². The van der Waals surface area contributed by atoms with E-state index in [1.165, 1.54) is 24.2 Å². The molecular formula is C11H15NS. The average Bonchev–Trinajstić information content (AvgIpc) is 2.87. The highest BCUT2D eigenvalue weighted by Crippen LogP contribution is 2.49. The van der Waals surface area contributed by atoms with Crippen LogP contribution in [0.5, 0.6) is 0 Å². The van der Waals surface area contributed by atoms with E-state index in [0.717, 1.165) is 5.69 Å². The summed E-state index contributed by atoms with van der Waals surface area (Å²) in [5.41, 5.74) is 8.49. The van der Waals surface area contributed by atoms with Gasteiger partial charge in [0.1, 0.15) is 0 Å². The third-order valence-corrected chi connectivity index (χ3v) is 3.64. The summed E-state index contributed by atoms with van der Waals surface area (Å²) in [6, 6.07) is 8.38. The van der Waals surface area contributed by atoms with Crippen molar-refractivity contribution in [1.29, 1.82) is 0 Å². The van der Waals surface area contributed by atoms with Gasteiger partial charge in [0.15, 0.2) is 0 Å². The fraction of sp³-hybridized carbons (Fsp3) is 0.455. The van der Waals surface area contributed by atoms with Crippen molar-refractivity contribution >= 4 is 17.4 Å². The first-order chi connectivity index (χ1) is 6.27. The summed E-state index contributed by atoms with van der Waals surface area (Å²) in [5.74, 6) is 1.25. The van der Waals surface area contributed by atoms with Gasteiger partial charge in [0.05, 0.1) is 0 Å². The number of rotatable bonds is 3. The second kappa shape index (κ2) is 3.26. The summed E-state index contributed by atoms with van der Waals surface area (Å²) < 4.78 is 0. The van der Waals surface area contributed by atoms with Gasteiger partial charge in [-0.3, -0.25) is 0 Å². The highest BCUT2D eigenvalue weighted by Gasteiger charge is 2.43. The minimum absolute atomic E-state index is 0.493. The van der Waals surface area contributed by atoms with Crippen LogP contribution >= 0.6 is 11.8 Å². The third kappa shape index (κ3) is 1.68. The maximum Gasteiger partial charge on any atom is 0.0314 e. The van der Waals surface area contributed by atoms with Gasteiger partial charge < -0.3 is 5.73 Å². The van der Waals surface area contributed by atoms with Crippen LogP contribution in [0.1, 0.15) is 18.4 Å². The summed E-state index contributed by atoms with van der Waals surface area (Å²) in [7, 11) is 0. The van der Waals surface area contributed by atoms with Crippen molar-refractivity contribution in [2.75, 3.05) is 17.7 Å². The Bertz CT molecular complexity index is 287. The van der Waals surface area contributed by atoms with Crippen LogP contribution in [0.2, 0.25) is 0 Å². The Kier molecular flexibility index (Phi) is 2.24. The number of thioether (sulfide) groups is 1. The van der Waals surface area contributed by atoms with Gasteiger partial charge in [-0.25, -0.2) is 0 Å². The number of hydrogen-bond donors (Lipinski definition) is 1. The van der Waals surface area contributed by atoms with E-state index in [0.29, 0.717) is 5.41 Å². The number of nitrogens with two attached hydrogens (primary N) is 1. The molecule has 70 valence electrons. The highest BCUT2D eigenvalue weighted by atomic mass is 32.2. The zero-order valence-electron chi connectivity index (χ0n) is 7.92. The Labute approximate surface area is 83.7 Å². The lowest BCUT2D eigenvalue weighted by atomic mass is 9.98. The van der Waals surface area contributed by atoms with Gasteiger partial charge in [-0.2, -0.15) is 11.8 Å². The van der Waals surface area contributed by atoms with Crippen LogP contribution in [0.4, 0.5) is 5.69 Å². The normalized spacial score (nSPS) is 18.5. The molecule has 0 saturated heterocycles. The molecule has 2 N–H and O–H groups in total. The topological polar surface area (TPSA) is 26.0 Å². The highest BCUT2D eigenvalue weighted by molar-refractivity contribution is 7.98. The van der Waals surface area contributed by atoms with E-state index in [1.54, 1.807) is 0 Å². The Morgan fingerprint density at radius 1 is 1.31 bits per heavy atom. The van der Waals surface area contributed by atoms with Gasteiger partial charge in [-0.1, -0.05) is 12.1 Å². The Morgan fingerprint density at radius 2 is 1.92 bits per heavy atom. The molecule has 1 fully saturated rings. The fourth-order valence-corrected chi connectivity index (χ4v) is 2.79. The molecule has 0 aliphatic heterocycles. The number of benzene rings is 1. The molecule has 2 rings (SSSR count). The second-order valence-electron chi connectivity index (χ2n) is 3.84. The molecule has 0 spiro atoms. The van der Waals surface area contributed by atoms with Crippen LogP contribution in [-0.2, 0) is 5.41 Å². The van der Waals surface area contributed by atoms with Crippen LogP contribution in [0, 0.1) is 0 Å². The zero-order valence-corrected chi connectivity index (χ0v) is 8.73. The van der Waals surface area contributed by atoms with E-state index < -0.39 is 0 Å². The van der Waals surface area contributed by atoms with Crippen molar-refractivity contribution in [3.8, 4) is 0 Å². The molecule has 0 atom stereocenters. The standard InChI is InChI=1S/C11H15NS/c1-13-8-11(6-7-11)9-2-4-10(12)5-3-9/h2-5H,6-8,12H2,1H3. The van der Waals surface area contributed by atoms with Crippen molar-refractivity contribution < 1.29 is 0 Å². The predicted octanol–water partition coefficient (Wildman–Crippen LogP) is 2.66. The van der Waals surface area contributed by atoms with Crippen molar-refractivity contribution in [3.05, 3.63) is 29.8 Å². The zero-order chi connectivity index (χ0) is 9.31. The van der Waals surface area contributed by atoms with E-state index in [4.69, 9.17) is 5.73 Å². The minimum Gasteiger partial charge on any atom is -0.399 e. The van der Waals surface area contributed by atoms with Gasteiger partial charge in [-0.05, 0) is 36.8 Å². The number of anilines is 1. The molecule has 2 heteroatoms. The summed E-state index contributed by atoms with van der Waals surface area (Å²) in [6.07, 6.45) is 4.87. The SMILES string of the molecule is CSCC1(c2ccc(N)cc2)CC1. The molecule has 1 aromatic carbocycles. The lowest BCUT2D eigenvalue weighted by molar-refractivity contribution is 0.804. The maximum atomic E-state index is 5.66. The lowest BCUT2D eigenvalue weighted by Gasteiger charge is -2.13. The van der Waals surface area contributed by atoms with E-state index >= 15 is 0 Å². The first-order valence-corrected chi connectivity index (χ1v) is 6.01. The van der Waals surface area contributed by atoms with Gasteiger partial charge in [-0.15, -0.1) is 0 Å². The Morgan fingerprint density at radius 3 is 2.38 bits per heavy atom. The van der Waals surface area contributed by atoms with Crippen LogP contribution < -0.4 is 5.73 Å². The molecule has 0 aromatic heterocycles. The number of hydrogen-bond acceptors (Lipinski definition) is 2. The second-order valence-corrected chi connectivity index (χ2v) is 4.70. The molecule has 0 radical (unpaired) electrons. The molecule has 1 saturated carbocycles. The molecule has 0 unspecified atom stereocenters. The molecule has 1 aliphatic carbocycles. The number of nitrogen functional groups attached to an aromatic ring is 1. The van der Waals surface area contributed by atoms with Crippen molar-refractivity contribution in [2.45, 2.75) is 18.3 Å². The Balaban J connectivity index is 2.20. The minimum atomic E-state index is 0.493. The molecule has 0 heterocycles. The van der Waals surface area contributed by atoms with E-state index in [9.17, 15) is 0 Å². The molecule has 0 amide bonds. The lowest BCUT2D eigenvalue weighted by Crippen LogP contribution is -2.09. The molecule has 1 aliphatic rings. The van der Waals surface area contributed by atoms with Gasteiger partial charge in [0.2, 0.25) is 0 Å². The van der Waals surface area contributed by atoms with Crippen LogP contribution in [-0.4, -0.2) is 12.0 Å². The van der Waals surface area contributed by atoms with Crippen molar-refractivity contribution in [2.24, 2.45) is 0 Å². The summed E-state index contributed by atoms with van der Waals surface area (Å²) in [5, 5.41) is 0. The summed E-state index contributed by atoms with van der Waals surface area (Å²) in [4.78, 5) is 0. The fourth-order valence-electron chi connectivity index (χ4n) is 1.78. The smallest absolute Gasteiger partial charge is 0.0314 e. The Hall–Kier alpha value is -0.630. The maximum absolute atomic E-state index is 5.66. The molecule has 1 nitrogen and oxygen atoms in total. The first kappa shape index (κ1) is 8.95. The van der Waals surface area contributed by atoms with Crippen LogP contribution in [0.3, 0.4) is 0 Å². The quantitative estimate of drug-likeness (QED) is 0.747. The van der Waals surface area contributed by atoms with E-state index in [1.807, 2.05) is 23.9 Å². The third-order valence-electron chi connectivity index (χ3n) is 2.80. The average molecular weight is 193 g/mol. The van der Waals surface area contributed by atoms with Crippen LogP contribution in [0.15, 0.2) is 24.3 Å². The molecule has 13 heavy (non-hydrogen) atoms. The molecule has 0 bridgehead atoms. The van der Waals surface area contributed by atoms with E-state index in [-0.39, 0.29) is 0 Å². The molecule has 1 aromatic rings. The monoisotopic (exact) mass is 193 g/mol. The molecular weight excluding hydrogens is 178 g/mol. The van der Waals surface area contributed by atoms with Crippen LogP contribution in [0.25, 0.3) is 0 Å². The summed E-state index contributed by atoms with van der Waals surface area (Å²) in [6.45, 7) is 0. The van der Waals surface area contributed by atoms with E-state index in [2.05, 4.69) is 18.4 Å². The predicted molar refractivity (Wildman–Crippen MR) is 60.1 cm³/mol. The first-order valence-electron chi connectivity index (χ1n) is 4.62. The van der Waals surface area contributed by atoms with Gasteiger partial charge in [0.25, 0.3) is 0 Å². The largest absolute Gasteiger partial charge is 0.399 e.